The molecular formula is C40H30N4O3. The Bertz CT molecular complexity index is 2310. The fourth-order valence-corrected chi connectivity index (χ4v) is 6.12. The third-order valence-electron chi connectivity index (χ3n) is 8.34. The highest BCUT2D eigenvalue weighted by atomic mass is 16.5. The number of methoxy groups -OCH3 is 2. The maximum Gasteiger partial charge on any atom is 0.248 e. The molecule has 0 aliphatic rings. The topological polar surface area (TPSA) is 65.6 Å². The minimum atomic E-state index is 0.384. The van der Waals surface area contributed by atoms with Gasteiger partial charge in [-0.15, -0.1) is 10.2 Å². The molecule has 0 atom stereocenters. The lowest BCUT2D eigenvalue weighted by atomic mass is 10.1. The van der Waals surface area contributed by atoms with E-state index in [0.717, 1.165) is 39.4 Å². The van der Waals surface area contributed by atoms with E-state index in [0.29, 0.717) is 23.3 Å². The lowest BCUT2D eigenvalue weighted by Crippen LogP contribution is -2.09. The van der Waals surface area contributed by atoms with Crippen molar-refractivity contribution in [3.8, 4) is 40.1 Å². The molecule has 47 heavy (non-hydrogen) atoms. The minimum absolute atomic E-state index is 0.384. The van der Waals surface area contributed by atoms with E-state index in [9.17, 15) is 0 Å². The Balaban J connectivity index is 1.19. The third-order valence-corrected chi connectivity index (χ3v) is 8.34. The molecule has 228 valence electrons. The number of benzene rings is 6. The molecule has 7 heteroatoms. The number of para-hydroxylation sites is 3. The Morgan fingerprint density at radius 1 is 0.511 bits per heavy atom. The van der Waals surface area contributed by atoms with Gasteiger partial charge in [-0.1, -0.05) is 54.6 Å². The van der Waals surface area contributed by atoms with Gasteiger partial charge in [0.1, 0.15) is 11.5 Å². The molecule has 0 aliphatic carbocycles. The molecule has 8 aromatic rings. The Morgan fingerprint density at radius 3 is 1.79 bits per heavy atom. The van der Waals surface area contributed by atoms with Crippen molar-refractivity contribution < 1.29 is 13.9 Å². The number of hydrogen-bond acceptors (Lipinski definition) is 6. The van der Waals surface area contributed by atoms with E-state index in [2.05, 4.69) is 123 Å². The number of hydrogen-bond donors (Lipinski definition) is 0. The number of aromatic nitrogens is 3. The molecule has 0 aliphatic heterocycles. The van der Waals surface area contributed by atoms with Crippen molar-refractivity contribution >= 4 is 38.9 Å². The summed E-state index contributed by atoms with van der Waals surface area (Å²) in [6.45, 7) is 0. The summed E-state index contributed by atoms with van der Waals surface area (Å²) < 4.78 is 19.3. The number of anilines is 3. The van der Waals surface area contributed by atoms with Gasteiger partial charge in [-0.3, -0.25) is 0 Å². The molecule has 7 nitrogen and oxygen atoms in total. The summed E-state index contributed by atoms with van der Waals surface area (Å²) >= 11 is 0. The lowest BCUT2D eigenvalue weighted by Gasteiger charge is -2.25. The predicted molar refractivity (Wildman–Crippen MR) is 187 cm³/mol. The van der Waals surface area contributed by atoms with E-state index < -0.39 is 0 Å². The summed E-state index contributed by atoms with van der Waals surface area (Å²) in [7, 11) is 3.22. The summed E-state index contributed by atoms with van der Waals surface area (Å²) in [6.07, 6.45) is 0. The van der Waals surface area contributed by atoms with Crippen LogP contribution in [-0.4, -0.2) is 29.0 Å². The highest BCUT2D eigenvalue weighted by Crippen LogP contribution is 2.40. The van der Waals surface area contributed by atoms with Gasteiger partial charge in [0.05, 0.1) is 25.3 Å². The second-order valence-corrected chi connectivity index (χ2v) is 11.1. The van der Waals surface area contributed by atoms with Gasteiger partial charge in [0.2, 0.25) is 11.8 Å². The predicted octanol–water partition coefficient (Wildman–Crippen LogP) is 9.99. The summed E-state index contributed by atoms with van der Waals surface area (Å²) in [5.74, 6) is 2.10. The van der Waals surface area contributed by atoms with Gasteiger partial charge in [0.15, 0.2) is 0 Å². The molecule has 0 saturated heterocycles. The zero-order valence-corrected chi connectivity index (χ0v) is 25.9. The standard InChI is InChI=1S/C40H30N4O3/c1-45-33-23-28(24-34(26-33)46-2)40-42-41-39(47-40)27-17-19-31(20-18-27)43(29-11-5-3-6-12-29)32-21-22-38-36(25-32)35-15-9-10-16-37(35)44(38)30-13-7-4-8-14-30/h3-26H,1-2H3. The molecule has 0 fully saturated rings. The van der Waals surface area contributed by atoms with Crippen LogP contribution in [0, 0.1) is 0 Å². The van der Waals surface area contributed by atoms with Crippen LogP contribution in [0.5, 0.6) is 11.5 Å². The molecule has 0 spiro atoms. The molecule has 6 aromatic carbocycles. The molecule has 0 N–H and O–H groups in total. The van der Waals surface area contributed by atoms with Crippen molar-refractivity contribution in [2.75, 3.05) is 19.1 Å². The van der Waals surface area contributed by atoms with Gasteiger partial charge in [-0.25, -0.2) is 0 Å². The van der Waals surface area contributed by atoms with Crippen molar-refractivity contribution in [2.24, 2.45) is 0 Å². The number of fused-ring (bicyclic) bond motifs is 3. The number of rotatable bonds is 8. The third kappa shape index (κ3) is 5.14. The Hall–Kier alpha value is -6.34. The first-order chi connectivity index (χ1) is 23.2. The molecule has 0 unspecified atom stereocenters. The van der Waals surface area contributed by atoms with E-state index in [-0.39, 0.29) is 0 Å². The highest BCUT2D eigenvalue weighted by molar-refractivity contribution is 6.10. The van der Waals surface area contributed by atoms with Crippen molar-refractivity contribution in [1.82, 2.24) is 14.8 Å². The Kier molecular flexibility index (Phi) is 7.11. The Labute approximate surface area is 271 Å². The van der Waals surface area contributed by atoms with E-state index in [1.807, 2.05) is 36.4 Å². The molecule has 2 aromatic heterocycles. The van der Waals surface area contributed by atoms with Crippen LogP contribution in [0.3, 0.4) is 0 Å². The smallest absolute Gasteiger partial charge is 0.248 e. The second-order valence-electron chi connectivity index (χ2n) is 11.1. The largest absolute Gasteiger partial charge is 0.497 e. The van der Waals surface area contributed by atoms with Gasteiger partial charge < -0.3 is 23.4 Å². The van der Waals surface area contributed by atoms with Crippen LogP contribution in [0.15, 0.2) is 150 Å². The number of nitrogens with zero attached hydrogens (tertiary/aromatic N) is 4. The SMILES string of the molecule is COc1cc(OC)cc(-c2nnc(-c3ccc(N(c4ccccc4)c4ccc5c(c4)c4ccccc4n5-c4ccccc4)cc3)o2)c1. The molecule has 0 radical (unpaired) electrons. The maximum atomic E-state index is 6.10. The van der Waals surface area contributed by atoms with Gasteiger partial charge in [0.25, 0.3) is 0 Å². The van der Waals surface area contributed by atoms with Crippen molar-refractivity contribution in [3.63, 3.8) is 0 Å². The van der Waals surface area contributed by atoms with Crippen LogP contribution in [0.25, 0.3) is 50.4 Å². The first kappa shape index (κ1) is 28.2. The van der Waals surface area contributed by atoms with E-state index >= 15 is 0 Å². The van der Waals surface area contributed by atoms with E-state index in [4.69, 9.17) is 13.9 Å². The zero-order valence-electron chi connectivity index (χ0n) is 25.9. The molecular weight excluding hydrogens is 584 g/mol. The fraction of sp³-hybridized carbons (Fsp3) is 0.0500. The van der Waals surface area contributed by atoms with Crippen LogP contribution in [0.2, 0.25) is 0 Å². The maximum absolute atomic E-state index is 6.10. The first-order valence-electron chi connectivity index (χ1n) is 15.3. The van der Waals surface area contributed by atoms with E-state index in [1.165, 1.54) is 16.3 Å². The van der Waals surface area contributed by atoms with Crippen LogP contribution in [0.1, 0.15) is 0 Å². The second kappa shape index (κ2) is 11.9. The lowest BCUT2D eigenvalue weighted by molar-refractivity contribution is 0.394. The van der Waals surface area contributed by atoms with Crippen LogP contribution < -0.4 is 14.4 Å². The average Bonchev–Trinajstić information content (AvgIpc) is 3.76. The molecule has 0 amide bonds. The monoisotopic (exact) mass is 614 g/mol. The average molecular weight is 615 g/mol. The quantitative estimate of drug-likeness (QED) is 0.170. The van der Waals surface area contributed by atoms with Gasteiger partial charge >= 0.3 is 0 Å². The summed E-state index contributed by atoms with van der Waals surface area (Å²) in [5.41, 5.74) is 8.11. The summed E-state index contributed by atoms with van der Waals surface area (Å²) in [4.78, 5) is 2.26. The van der Waals surface area contributed by atoms with Crippen molar-refractivity contribution in [3.05, 3.63) is 146 Å². The summed E-state index contributed by atoms with van der Waals surface area (Å²) in [6, 6.07) is 49.8. The van der Waals surface area contributed by atoms with Crippen molar-refractivity contribution in [2.45, 2.75) is 0 Å². The Morgan fingerprint density at radius 2 is 1.09 bits per heavy atom. The van der Waals surface area contributed by atoms with E-state index in [1.54, 1.807) is 20.3 Å². The van der Waals surface area contributed by atoms with Crippen LogP contribution in [0.4, 0.5) is 17.1 Å². The van der Waals surface area contributed by atoms with Crippen LogP contribution >= 0.6 is 0 Å². The van der Waals surface area contributed by atoms with Gasteiger partial charge in [-0.05, 0) is 84.9 Å². The molecule has 0 saturated carbocycles. The van der Waals surface area contributed by atoms with Gasteiger partial charge in [0, 0.05) is 50.7 Å². The normalized spacial score (nSPS) is 11.2. The minimum Gasteiger partial charge on any atom is -0.497 e. The number of ether oxygens (including phenoxy) is 2. The molecule has 0 bridgehead atoms. The molecule has 8 rings (SSSR count). The zero-order chi connectivity index (χ0) is 31.7. The molecule has 2 heterocycles. The first-order valence-corrected chi connectivity index (χ1v) is 15.3. The fourth-order valence-electron chi connectivity index (χ4n) is 6.12. The van der Waals surface area contributed by atoms with Crippen LogP contribution in [-0.2, 0) is 0 Å². The summed E-state index contributed by atoms with van der Waals surface area (Å²) in [5, 5.41) is 11.0. The van der Waals surface area contributed by atoms with Crippen molar-refractivity contribution in [1.29, 1.82) is 0 Å². The highest BCUT2D eigenvalue weighted by Gasteiger charge is 2.18. The van der Waals surface area contributed by atoms with Gasteiger partial charge in [-0.2, -0.15) is 0 Å².